The Morgan fingerprint density at radius 2 is 1.80 bits per heavy atom. The standard InChI is InChI=1S/C20H22N4O5S/c1-28-16-4-6-18(29-2)19(14-16)30(26,27)22-10-3-13-24-20(25)7-5-17(23-24)15-8-11-21-12-9-15/h4-9,11-12,14,22H,3,10,13H2,1-2H3. The molecule has 3 aromatic rings. The molecule has 0 fully saturated rings. The minimum atomic E-state index is -3.82. The Bertz CT molecular complexity index is 1160. The van der Waals surface area contributed by atoms with Crippen LogP contribution >= 0.6 is 0 Å². The maximum absolute atomic E-state index is 12.7. The van der Waals surface area contributed by atoms with Gasteiger partial charge in [0.2, 0.25) is 10.0 Å². The Labute approximate surface area is 174 Å². The number of nitrogens with zero attached hydrogens (tertiary/aromatic N) is 3. The molecule has 0 saturated heterocycles. The van der Waals surface area contributed by atoms with Crippen molar-refractivity contribution in [3.05, 3.63) is 65.2 Å². The van der Waals surface area contributed by atoms with Crippen molar-refractivity contribution in [2.75, 3.05) is 20.8 Å². The van der Waals surface area contributed by atoms with Crippen molar-refractivity contribution in [1.82, 2.24) is 19.5 Å². The van der Waals surface area contributed by atoms with Gasteiger partial charge in [-0.2, -0.15) is 5.10 Å². The third-order valence-corrected chi connectivity index (χ3v) is 5.82. The number of aryl methyl sites for hydroxylation is 1. The van der Waals surface area contributed by atoms with Crippen LogP contribution in [0.5, 0.6) is 11.5 Å². The van der Waals surface area contributed by atoms with Gasteiger partial charge in [-0.25, -0.2) is 17.8 Å². The van der Waals surface area contributed by atoms with Crippen LogP contribution in [-0.4, -0.2) is 43.9 Å². The Morgan fingerprint density at radius 3 is 2.50 bits per heavy atom. The highest BCUT2D eigenvalue weighted by atomic mass is 32.2. The van der Waals surface area contributed by atoms with Crippen molar-refractivity contribution < 1.29 is 17.9 Å². The average Bonchev–Trinajstić information content (AvgIpc) is 2.78. The molecular formula is C20H22N4O5S. The van der Waals surface area contributed by atoms with Gasteiger partial charge >= 0.3 is 0 Å². The molecule has 3 rings (SSSR count). The smallest absolute Gasteiger partial charge is 0.266 e. The first-order valence-corrected chi connectivity index (χ1v) is 10.6. The topological polar surface area (TPSA) is 112 Å². The molecule has 0 spiro atoms. The lowest BCUT2D eigenvalue weighted by molar-refractivity contribution is 0.392. The number of hydrogen-bond donors (Lipinski definition) is 1. The normalized spacial score (nSPS) is 11.3. The maximum Gasteiger partial charge on any atom is 0.266 e. The van der Waals surface area contributed by atoms with Crippen LogP contribution in [0.15, 0.2) is 64.5 Å². The second-order valence-corrected chi connectivity index (χ2v) is 8.02. The summed E-state index contributed by atoms with van der Waals surface area (Å²) in [6.45, 7) is 0.381. The second kappa shape index (κ2) is 9.51. The van der Waals surface area contributed by atoms with Crippen LogP contribution in [0.3, 0.4) is 0 Å². The van der Waals surface area contributed by atoms with Gasteiger partial charge in [-0.1, -0.05) is 0 Å². The zero-order valence-electron chi connectivity index (χ0n) is 16.6. The molecular weight excluding hydrogens is 408 g/mol. The van der Waals surface area contributed by atoms with Gasteiger partial charge in [-0.15, -0.1) is 0 Å². The van der Waals surface area contributed by atoms with E-state index in [0.29, 0.717) is 17.9 Å². The lowest BCUT2D eigenvalue weighted by atomic mass is 10.2. The van der Waals surface area contributed by atoms with E-state index in [1.54, 1.807) is 36.7 Å². The van der Waals surface area contributed by atoms with Crippen LogP contribution in [-0.2, 0) is 16.6 Å². The van der Waals surface area contributed by atoms with Gasteiger partial charge in [0.05, 0.1) is 19.9 Å². The molecule has 2 heterocycles. The molecule has 0 unspecified atom stereocenters. The highest BCUT2D eigenvalue weighted by Crippen LogP contribution is 2.27. The second-order valence-electron chi connectivity index (χ2n) is 6.28. The van der Waals surface area contributed by atoms with E-state index >= 15 is 0 Å². The molecule has 0 amide bonds. The average molecular weight is 430 g/mol. The maximum atomic E-state index is 12.7. The fourth-order valence-corrected chi connectivity index (χ4v) is 4.05. The number of benzene rings is 1. The van der Waals surface area contributed by atoms with E-state index in [1.807, 2.05) is 0 Å². The zero-order chi connectivity index (χ0) is 21.6. The van der Waals surface area contributed by atoms with Crippen molar-refractivity contribution in [1.29, 1.82) is 0 Å². The number of aromatic nitrogens is 3. The van der Waals surface area contributed by atoms with Crippen molar-refractivity contribution in [2.24, 2.45) is 0 Å². The first kappa shape index (κ1) is 21.5. The predicted octanol–water partition coefficient (Wildman–Crippen LogP) is 1.69. The highest BCUT2D eigenvalue weighted by Gasteiger charge is 2.20. The van der Waals surface area contributed by atoms with E-state index in [-0.39, 0.29) is 29.3 Å². The monoisotopic (exact) mass is 430 g/mol. The fraction of sp³-hybridized carbons (Fsp3) is 0.250. The molecule has 1 aromatic carbocycles. The summed E-state index contributed by atoms with van der Waals surface area (Å²) < 4.78 is 39.4. The molecule has 30 heavy (non-hydrogen) atoms. The van der Waals surface area contributed by atoms with Crippen molar-refractivity contribution >= 4 is 10.0 Å². The largest absolute Gasteiger partial charge is 0.497 e. The van der Waals surface area contributed by atoms with Gasteiger partial charge < -0.3 is 9.47 Å². The summed E-state index contributed by atoms with van der Waals surface area (Å²) in [7, 11) is -0.969. The van der Waals surface area contributed by atoms with E-state index in [2.05, 4.69) is 14.8 Å². The zero-order valence-corrected chi connectivity index (χ0v) is 17.4. The van der Waals surface area contributed by atoms with E-state index in [0.717, 1.165) is 5.56 Å². The number of ether oxygens (including phenoxy) is 2. The molecule has 1 N–H and O–H groups in total. The molecule has 0 bridgehead atoms. The lowest BCUT2D eigenvalue weighted by Gasteiger charge is -2.12. The number of rotatable bonds is 9. The Hall–Kier alpha value is -3.24. The molecule has 0 atom stereocenters. The Kier molecular flexibility index (Phi) is 6.80. The van der Waals surface area contributed by atoms with Crippen LogP contribution in [0.4, 0.5) is 0 Å². The molecule has 0 aliphatic heterocycles. The van der Waals surface area contributed by atoms with Crippen LogP contribution in [0.25, 0.3) is 11.3 Å². The first-order chi connectivity index (χ1) is 14.4. The van der Waals surface area contributed by atoms with Gasteiger partial charge in [0.15, 0.2) is 0 Å². The number of nitrogens with one attached hydrogen (secondary N) is 1. The van der Waals surface area contributed by atoms with Crippen molar-refractivity contribution in [2.45, 2.75) is 17.9 Å². The van der Waals surface area contributed by atoms with Gasteiger partial charge in [-0.3, -0.25) is 9.78 Å². The fourth-order valence-electron chi connectivity index (χ4n) is 2.79. The van der Waals surface area contributed by atoms with Crippen LogP contribution < -0.4 is 19.8 Å². The van der Waals surface area contributed by atoms with Crippen LogP contribution in [0.1, 0.15) is 6.42 Å². The number of hydrogen-bond acceptors (Lipinski definition) is 7. The summed E-state index contributed by atoms with van der Waals surface area (Å²) in [5, 5.41) is 4.35. The molecule has 0 radical (unpaired) electrons. The summed E-state index contributed by atoms with van der Waals surface area (Å²) in [5.41, 5.74) is 1.22. The third-order valence-electron chi connectivity index (χ3n) is 4.34. The molecule has 2 aromatic heterocycles. The highest BCUT2D eigenvalue weighted by molar-refractivity contribution is 7.89. The van der Waals surface area contributed by atoms with Crippen molar-refractivity contribution in [3.8, 4) is 22.8 Å². The summed E-state index contributed by atoms with van der Waals surface area (Å²) in [5.74, 6) is 0.617. The molecule has 10 heteroatoms. The summed E-state index contributed by atoms with van der Waals surface area (Å²) in [4.78, 5) is 16.0. The Morgan fingerprint density at radius 1 is 1.03 bits per heavy atom. The summed E-state index contributed by atoms with van der Waals surface area (Å²) in [6, 6.07) is 11.2. The first-order valence-electron chi connectivity index (χ1n) is 9.15. The minimum Gasteiger partial charge on any atom is -0.497 e. The van der Waals surface area contributed by atoms with E-state index in [9.17, 15) is 13.2 Å². The predicted molar refractivity (Wildman–Crippen MR) is 111 cm³/mol. The molecule has 0 aliphatic carbocycles. The Balaban J connectivity index is 1.67. The van der Waals surface area contributed by atoms with E-state index in [1.165, 1.54) is 37.1 Å². The number of methoxy groups -OCH3 is 2. The van der Waals surface area contributed by atoms with Crippen LogP contribution in [0.2, 0.25) is 0 Å². The lowest BCUT2D eigenvalue weighted by Crippen LogP contribution is -2.28. The quantitative estimate of drug-likeness (QED) is 0.514. The number of pyridine rings is 1. The minimum absolute atomic E-state index is 0.0145. The van der Waals surface area contributed by atoms with Gasteiger partial charge in [0, 0.05) is 43.2 Å². The summed E-state index contributed by atoms with van der Waals surface area (Å²) >= 11 is 0. The van der Waals surface area contributed by atoms with E-state index < -0.39 is 10.0 Å². The van der Waals surface area contributed by atoms with Crippen LogP contribution in [0, 0.1) is 0 Å². The third kappa shape index (κ3) is 5.02. The van der Waals surface area contributed by atoms with Gasteiger partial charge in [0.1, 0.15) is 16.4 Å². The molecule has 9 nitrogen and oxygen atoms in total. The number of sulfonamides is 1. The summed E-state index contributed by atoms with van der Waals surface area (Å²) in [6.07, 6.45) is 3.67. The van der Waals surface area contributed by atoms with E-state index in [4.69, 9.17) is 9.47 Å². The molecule has 158 valence electrons. The molecule has 0 aliphatic rings. The SMILES string of the molecule is COc1ccc(OC)c(S(=O)(=O)NCCCn2nc(-c3ccncc3)ccc2=O)c1. The van der Waals surface area contributed by atoms with Gasteiger partial charge in [-0.05, 0) is 36.8 Å². The van der Waals surface area contributed by atoms with Crippen molar-refractivity contribution in [3.63, 3.8) is 0 Å². The van der Waals surface area contributed by atoms with Gasteiger partial charge in [0.25, 0.3) is 5.56 Å². The molecule has 0 saturated carbocycles.